The molecule has 0 amide bonds. The van der Waals surface area contributed by atoms with Gasteiger partial charge in [0.25, 0.3) is 0 Å². The van der Waals surface area contributed by atoms with Gasteiger partial charge < -0.3 is 0 Å². The van der Waals surface area contributed by atoms with E-state index < -0.39 is 23.6 Å². The summed E-state index contributed by atoms with van der Waals surface area (Å²) in [7, 11) is 0. The third-order valence-corrected chi connectivity index (χ3v) is 2.93. The summed E-state index contributed by atoms with van der Waals surface area (Å²) >= 11 is 0. The van der Waals surface area contributed by atoms with Crippen LogP contribution in [0.4, 0.5) is 17.6 Å². The van der Waals surface area contributed by atoms with Gasteiger partial charge in [-0.25, -0.2) is 9.82 Å². The number of hydrogen-bond acceptors (Lipinski definition) is 2. The zero-order valence-corrected chi connectivity index (χ0v) is 10.3. The van der Waals surface area contributed by atoms with Crippen LogP contribution in [0.5, 0.6) is 0 Å². The van der Waals surface area contributed by atoms with E-state index >= 15 is 0 Å². The molecule has 2 aromatic rings. The predicted molar refractivity (Wildman–Crippen MR) is 67.0 cm³/mol. The molecule has 2 aromatic carbocycles. The van der Waals surface area contributed by atoms with Crippen molar-refractivity contribution in [2.24, 2.45) is 5.84 Å². The molecular formula is C14H12F4N2. The first-order chi connectivity index (χ1) is 9.43. The maximum atomic E-state index is 13.3. The number of hydrogen-bond donors (Lipinski definition) is 2. The summed E-state index contributed by atoms with van der Waals surface area (Å²) in [5, 5.41) is 0. The SMILES string of the molecule is NN[C@H](c1ccccc1)c1cc(F)ccc1C(F)(F)F. The van der Waals surface area contributed by atoms with E-state index in [0.29, 0.717) is 5.56 Å². The molecule has 0 heterocycles. The maximum absolute atomic E-state index is 13.3. The highest BCUT2D eigenvalue weighted by Crippen LogP contribution is 2.36. The number of hydrazine groups is 1. The zero-order chi connectivity index (χ0) is 14.8. The van der Waals surface area contributed by atoms with Crippen molar-refractivity contribution >= 4 is 0 Å². The smallest absolute Gasteiger partial charge is 0.271 e. The van der Waals surface area contributed by atoms with Gasteiger partial charge in [-0.1, -0.05) is 30.3 Å². The Kier molecular flexibility index (Phi) is 4.06. The Morgan fingerprint density at radius 2 is 1.65 bits per heavy atom. The van der Waals surface area contributed by atoms with Crippen LogP contribution in [-0.4, -0.2) is 0 Å². The van der Waals surface area contributed by atoms with Gasteiger partial charge in [0.15, 0.2) is 0 Å². The Morgan fingerprint density at radius 3 is 2.20 bits per heavy atom. The zero-order valence-electron chi connectivity index (χ0n) is 10.3. The minimum Gasteiger partial charge on any atom is -0.271 e. The van der Waals surface area contributed by atoms with E-state index in [-0.39, 0.29) is 5.56 Å². The summed E-state index contributed by atoms with van der Waals surface area (Å²) in [6.07, 6.45) is -4.58. The highest BCUT2D eigenvalue weighted by molar-refractivity contribution is 5.39. The van der Waals surface area contributed by atoms with Crippen molar-refractivity contribution in [3.8, 4) is 0 Å². The number of benzene rings is 2. The van der Waals surface area contributed by atoms with E-state index in [9.17, 15) is 17.6 Å². The van der Waals surface area contributed by atoms with Crippen molar-refractivity contribution in [2.75, 3.05) is 0 Å². The van der Waals surface area contributed by atoms with Gasteiger partial charge >= 0.3 is 6.18 Å². The van der Waals surface area contributed by atoms with Gasteiger partial charge in [-0.15, -0.1) is 0 Å². The van der Waals surface area contributed by atoms with Crippen LogP contribution >= 0.6 is 0 Å². The fourth-order valence-electron chi connectivity index (χ4n) is 2.04. The van der Waals surface area contributed by atoms with E-state index in [1.165, 1.54) is 0 Å². The minimum absolute atomic E-state index is 0.244. The lowest BCUT2D eigenvalue weighted by molar-refractivity contribution is -0.138. The van der Waals surface area contributed by atoms with Gasteiger partial charge in [-0.05, 0) is 29.3 Å². The van der Waals surface area contributed by atoms with Crippen LogP contribution in [0.3, 0.4) is 0 Å². The molecule has 0 saturated carbocycles. The number of halogens is 4. The molecule has 0 spiro atoms. The lowest BCUT2D eigenvalue weighted by Gasteiger charge is -2.21. The van der Waals surface area contributed by atoms with Crippen LogP contribution in [0.1, 0.15) is 22.7 Å². The summed E-state index contributed by atoms with van der Waals surface area (Å²) in [4.78, 5) is 0. The topological polar surface area (TPSA) is 38.0 Å². The Balaban J connectivity index is 2.57. The van der Waals surface area contributed by atoms with Crippen LogP contribution in [-0.2, 0) is 6.18 Å². The monoisotopic (exact) mass is 284 g/mol. The molecule has 0 radical (unpaired) electrons. The van der Waals surface area contributed by atoms with Crippen LogP contribution in [0, 0.1) is 5.82 Å². The number of nitrogens with one attached hydrogen (secondary N) is 1. The second-order valence-corrected chi connectivity index (χ2v) is 4.24. The van der Waals surface area contributed by atoms with E-state index in [1.807, 2.05) is 0 Å². The van der Waals surface area contributed by atoms with Gasteiger partial charge in [0, 0.05) is 0 Å². The molecule has 6 heteroatoms. The quantitative estimate of drug-likeness (QED) is 0.515. The van der Waals surface area contributed by atoms with Gasteiger partial charge in [-0.3, -0.25) is 5.84 Å². The molecule has 2 nitrogen and oxygen atoms in total. The molecule has 3 N–H and O–H groups in total. The third kappa shape index (κ3) is 2.97. The summed E-state index contributed by atoms with van der Waals surface area (Å²) in [5.41, 5.74) is 1.67. The summed E-state index contributed by atoms with van der Waals surface area (Å²) < 4.78 is 52.3. The lowest BCUT2D eigenvalue weighted by atomic mass is 9.94. The first-order valence-corrected chi connectivity index (χ1v) is 5.81. The highest BCUT2D eigenvalue weighted by Gasteiger charge is 2.35. The first kappa shape index (κ1) is 14.5. The third-order valence-electron chi connectivity index (χ3n) is 2.93. The Bertz CT molecular complexity index is 581. The molecule has 0 bridgehead atoms. The average molecular weight is 284 g/mol. The van der Waals surface area contributed by atoms with Crippen molar-refractivity contribution in [3.05, 3.63) is 71.0 Å². The van der Waals surface area contributed by atoms with Crippen LogP contribution in [0.15, 0.2) is 48.5 Å². The minimum atomic E-state index is -4.58. The molecule has 0 aromatic heterocycles. The normalized spacial score (nSPS) is 13.2. The fourth-order valence-corrected chi connectivity index (χ4v) is 2.04. The molecule has 0 aliphatic carbocycles. The Morgan fingerprint density at radius 1 is 1.00 bits per heavy atom. The van der Waals surface area contributed by atoms with Crippen molar-refractivity contribution in [1.82, 2.24) is 5.43 Å². The predicted octanol–water partition coefficient (Wildman–Crippen LogP) is 3.40. The molecule has 0 aliphatic heterocycles. The van der Waals surface area contributed by atoms with Crippen molar-refractivity contribution < 1.29 is 17.6 Å². The lowest BCUT2D eigenvalue weighted by Crippen LogP contribution is -2.30. The fraction of sp³-hybridized carbons (Fsp3) is 0.143. The second-order valence-electron chi connectivity index (χ2n) is 4.24. The van der Waals surface area contributed by atoms with E-state index in [4.69, 9.17) is 5.84 Å². The molecule has 0 saturated heterocycles. The average Bonchev–Trinajstić information content (AvgIpc) is 2.39. The molecule has 20 heavy (non-hydrogen) atoms. The van der Waals surface area contributed by atoms with Gasteiger partial charge in [0.2, 0.25) is 0 Å². The Hall–Kier alpha value is -1.92. The molecule has 0 aliphatic rings. The number of nitrogens with two attached hydrogens (primary N) is 1. The van der Waals surface area contributed by atoms with Crippen LogP contribution < -0.4 is 11.3 Å². The number of alkyl halides is 3. The standard InChI is InChI=1S/C14H12F4N2/c15-10-6-7-12(14(16,17)18)11(8-10)13(20-19)9-4-2-1-3-5-9/h1-8,13,20H,19H2/t13-/m1/s1. The van der Waals surface area contributed by atoms with Gasteiger partial charge in [0.05, 0.1) is 11.6 Å². The molecular weight excluding hydrogens is 272 g/mol. The molecule has 0 fully saturated rings. The van der Waals surface area contributed by atoms with Crippen molar-refractivity contribution in [1.29, 1.82) is 0 Å². The number of rotatable bonds is 3. The van der Waals surface area contributed by atoms with Gasteiger partial charge in [-0.2, -0.15) is 13.2 Å². The molecule has 106 valence electrons. The summed E-state index contributed by atoms with van der Waals surface area (Å²) in [6, 6.07) is 9.73. The van der Waals surface area contributed by atoms with Crippen molar-refractivity contribution in [3.63, 3.8) is 0 Å². The summed E-state index contributed by atoms with van der Waals surface area (Å²) in [5.74, 6) is 4.61. The van der Waals surface area contributed by atoms with Gasteiger partial charge in [0.1, 0.15) is 5.82 Å². The van der Waals surface area contributed by atoms with Crippen LogP contribution in [0.25, 0.3) is 0 Å². The summed E-state index contributed by atoms with van der Waals surface area (Å²) in [6.45, 7) is 0. The highest BCUT2D eigenvalue weighted by atomic mass is 19.4. The molecule has 1 atom stereocenters. The maximum Gasteiger partial charge on any atom is 0.416 e. The van der Waals surface area contributed by atoms with E-state index in [1.54, 1.807) is 30.3 Å². The molecule has 0 unspecified atom stereocenters. The van der Waals surface area contributed by atoms with Crippen LogP contribution in [0.2, 0.25) is 0 Å². The first-order valence-electron chi connectivity index (χ1n) is 5.81. The van der Waals surface area contributed by atoms with E-state index in [0.717, 1.165) is 18.2 Å². The largest absolute Gasteiger partial charge is 0.416 e. The molecule has 2 rings (SSSR count). The van der Waals surface area contributed by atoms with E-state index in [2.05, 4.69) is 5.43 Å². The second kappa shape index (κ2) is 5.60. The Labute approximate surface area is 113 Å². The van der Waals surface area contributed by atoms with Crippen molar-refractivity contribution in [2.45, 2.75) is 12.2 Å².